The Bertz CT molecular complexity index is 612. The van der Waals surface area contributed by atoms with Crippen molar-refractivity contribution in [2.24, 2.45) is 5.14 Å². The number of sulfonamides is 1. The van der Waals surface area contributed by atoms with Crippen molar-refractivity contribution >= 4 is 37.5 Å². The lowest BCUT2D eigenvalue weighted by molar-refractivity contribution is -0.118. The number of piperidine rings is 1. The SMILES string of the molecule is NS(=O)(=O)c1ccc(NC(=O)[C@H]2CCCCN2)c(Br)c1. The number of hydrogen-bond acceptors (Lipinski definition) is 4. The summed E-state index contributed by atoms with van der Waals surface area (Å²) in [7, 11) is -3.75. The molecule has 0 aromatic heterocycles. The highest BCUT2D eigenvalue weighted by Crippen LogP contribution is 2.25. The molecular formula is C12H16BrN3O3S. The molecule has 0 unspecified atom stereocenters. The molecule has 0 aliphatic carbocycles. The number of anilines is 1. The van der Waals surface area contributed by atoms with Gasteiger partial charge >= 0.3 is 0 Å². The van der Waals surface area contributed by atoms with Crippen LogP contribution in [-0.2, 0) is 14.8 Å². The number of benzene rings is 1. The van der Waals surface area contributed by atoms with Gasteiger partial charge in [0.25, 0.3) is 0 Å². The van der Waals surface area contributed by atoms with E-state index in [1.807, 2.05) is 0 Å². The van der Waals surface area contributed by atoms with Crippen molar-refractivity contribution in [3.63, 3.8) is 0 Å². The van der Waals surface area contributed by atoms with Crippen LogP contribution in [0.1, 0.15) is 19.3 Å². The topological polar surface area (TPSA) is 101 Å². The van der Waals surface area contributed by atoms with E-state index in [0.717, 1.165) is 25.8 Å². The van der Waals surface area contributed by atoms with E-state index in [9.17, 15) is 13.2 Å². The molecule has 0 radical (unpaired) electrons. The van der Waals surface area contributed by atoms with Gasteiger partial charge in [0.15, 0.2) is 0 Å². The van der Waals surface area contributed by atoms with E-state index in [-0.39, 0.29) is 16.8 Å². The minimum Gasteiger partial charge on any atom is -0.324 e. The molecule has 2 rings (SSSR count). The van der Waals surface area contributed by atoms with Crippen LogP contribution >= 0.6 is 15.9 Å². The van der Waals surface area contributed by atoms with Gasteiger partial charge in [-0.3, -0.25) is 4.79 Å². The first-order valence-electron chi connectivity index (χ1n) is 6.24. The molecular weight excluding hydrogens is 346 g/mol. The molecule has 4 N–H and O–H groups in total. The van der Waals surface area contributed by atoms with Crippen molar-refractivity contribution in [2.75, 3.05) is 11.9 Å². The minimum absolute atomic E-state index is 0.00170. The highest BCUT2D eigenvalue weighted by molar-refractivity contribution is 9.10. The van der Waals surface area contributed by atoms with Crippen LogP contribution in [0, 0.1) is 0 Å². The largest absolute Gasteiger partial charge is 0.324 e. The summed E-state index contributed by atoms with van der Waals surface area (Å²) in [6.45, 7) is 0.837. The van der Waals surface area contributed by atoms with E-state index in [4.69, 9.17) is 5.14 Å². The third kappa shape index (κ3) is 3.78. The third-order valence-corrected chi connectivity index (χ3v) is 4.72. The molecule has 1 saturated heterocycles. The molecule has 1 fully saturated rings. The highest BCUT2D eigenvalue weighted by atomic mass is 79.9. The molecule has 1 aromatic carbocycles. The standard InChI is InChI=1S/C12H16BrN3O3S/c13-9-7-8(20(14,18)19)4-5-10(9)16-12(17)11-3-1-2-6-15-11/h4-5,7,11,15H,1-3,6H2,(H,16,17)(H2,14,18,19)/t11-/m1/s1. The number of amides is 1. The van der Waals surface area contributed by atoms with Crippen LogP contribution in [0.2, 0.25) is 0 Å². The van der Waals surface area contributed by atoms with Gasteiger partial charge in [-0.1, -0.05) is 6.42 Å². The number of halogens is 1. The predicted molar refractivity (Wildman–Crippen MR) is 79.8 cm³/mol. The zero-order valence-electron chi connectivity index (χ0n) is 10.7. The Balaban J connectivity index is 2.11. The van der Waals surface area contributed by atoms with Gasteiger partial charge in [-0.15, -0.1) is 0 Å². The number of primary sulfonamides is 1. The first-order valence-corrected chi connectivity index (χ1v) is 8.58. The summed E-state index contributed by atoms with van der Waals surface area (Å²) < 4.78 is 22.9. The lowest BCUT2D eigenvalue weighted by atomic mass is 10.0. The summed E-state index contributed by atoms with van der Waals surface area (Å²) >= 11 is 3.24. The van der Waals surface area contributed by atoms with Crippen molar-refractivity contribution in [2.45, 2.75) is 30.2 Å². The molecule has 0 saturated carbocycles. The molecule has 0 bridgehead atoms. The monoisotopic (exact) mass is 361 g/mol. The highest BCUT2D eigenvalue weighted by Gasteiger charge is 2.21. The van der Waals surface area contributed by atoms with E-state index >= 15 is 0 Å². The van der Waals surface area contributed by atoms with Crippen LogP contribution in [0.15, 0.2) is 27.6 Å². The van der Waals surface area contributed by atoms with E-state index in [1.165, 1.54) is 18.2 Å². The molecule has 1 aliphatic rings. The Morgan fingerprint density at radius 3 is 2.70 bits per heavy atom. The zero-order valence-corrected chi connectivity index (χ0v) is 13.1. The van der Waals surface area contributed by atoms with Gasteiger partial charge < -0.3 is 10.6 Å². The fourth-order valence-corrected chi connectivity index (χ4v) is 3.24. The molecule has 8 heteroatoms. The molecule has 110 valence electrons. The van der Waals surface area contributed by atoms with E-state index in [0.29, 0.717) is 10.2 Å². The second-order valence-electron chi connectivity index (χ2n) is 4.68. The maximum Gasteiger partial charge on any atom is 0.241 e. The quantitative estimate of drug-likeness (QED) is 0.752. The third-order valence-electron chi connectivity index (χ3n) is 3.15. The number of hydrogen-bond donors (Lipinski definition) is 3. The van der Waals surface area contributed by atoms with Gasteiger partial charge in [0, 0.05) is 4.47 Å². The number of carbonyl (C=O) groups is 1. The van der Waals surface area contributed by atoms with Crippen LogP contribution in [0.5, 0.6) is 0 Å². The van der Waals surface area contributed by atoms with Crippen molar-refractivity contribution in [3.8, 4) is 0 Å². The molecule has 0 spiro atoms. The number of carbonyl (C=O) groups excluding carboxylic acids is 1. The molecule has 6 nitrogen and oxygen atoms in total. The zero-order chi connectivity index (χ0) is 14.8. The lowest BCUT2D eigenvalue weighted by Gasteiger charge is -2.22. The Kier molecular flexibility index (Phi) is 4.79. The fraction of sp³-hybridized carbons (Fsp3) is 0.417. The molecule has 1 aliphatic heterocycles. The Hall–Kier alpha value is -0.960. The maximum atomic E-state index is 12.1. The van der Waals surface area contributed by atoms with Gasteiger partial charge in [-0.25, -0.2) is 13.6 Å². The number of rotatable bonds is 3. The molecule has 1 aromatic rings. The Labute approximate surface area is 126 Å². The van der Waals surface area contributed by atoms with Crippen LogP contribution < -0.4 is 15.8 Å². The van der Waals surface area contributed by atoms with Crippen molar-refractivity contribution < 1.29 is 13.2 Å². The van der Waals surface area contributed by atoms with Gasteiger partial charge in [0.05, 0.1) is 16.6 Å². The van der Waals surface area contributed by atoms with Gasteiger partial charge in [-0.2, -0.15) is 0 Å². The lowest BCUT2D eigenvalue weighted by Crippen LogP contribution is -2.43. The molecule has 1 atom stereocenters. The van der Waals surface area contributed by atoms with E-state index in [2.05, 4.69) is 26.6 Å². The summed E-state index contributed by atoms with van der Waals surface area (Å²) in [5, 5.41) is 11.0. The first-order chi connectivity index (χ1) is 9.38. The van der Waals surface area contributed by atoms with Crippen LogP contribution in [-0.4, -0.2) is 26.9 Å². The van der Waals surface area contributed by atoms with E-state index in [1.54, 1.807) is 0 Å². The van der Waals surface area contributed by atoms with E-state index < -0.39 is 10.0 Å². The Morgan fingerprint density at radius 1 is 1.40 bits per heavy atom. The summed E-state index contributed by atoms with van der Waals surface area (Å²) in [5.74, 6) is -0.117. The fourth-order valence-electron chi connectivity index (χ4n) is 2.07. The van der Waals surface area contributed by atoms with Crippen molar-refractivity contribution in [1.82, 2.24) is 5.32 Å². The normalized spacial score (nSPS) is 19.6. The summed E-state index contributed by atoms with van der Waals surface area (Å²) in [6.07, 6.45) is 2.91. The average Bonchev–Trinajstić information content (AvgIpc) is 2.41. The molecule has 1 amide bonds. The summed E-state index contributed by atoms with van der Waals surface area (Å²) in [6, 6.07) is 4.06. The van der Waals surface area contributed by atoms with Gasteiger partial charge in [0.1, 0.15) is 0 Å². The second-order valence-corrected chi connectivity index (χ2v) is 7.09. The van der Waals surface area contributed by atoms with Gasteiger partial charge in [0.2, 0.25) is 15.9 Å². The minimum atomic E-state index is -3.75. The summed E-state index contributed by atoms with van der Waals surface area (Å²) in [5.41, 5.74) is 0.523. The predicted octanol–water partition coefficient (Wildman–Crippen LogP) is 1.18. The average molecular weight is 362 g/mol. The second kappa shape index (κ2) is 6.21. The van der Waals surface area contributed by atoms with Crippen LogP contribution in [0.3, 0.4) is 0 Å². The van der Waals surface area contributed by atoms with Crippen molar-refractivity contribution in [1.29, 1.82) is 0 Å². The molecule has 20 heavy (non-hydrogen) atoms. The van der Waals surface area contributed by atoms with Crippen LogP contribution in [0.25, 0.3) is 0 Å². The molecule has 1 heterocycles. The van der Waals surface area contributed by atoms with Crippen LogP contribution in [0.4, 0.5) is 5.69 Å². The Morgan fingerprint density at radius 2 is 2.15 bits per heavy atom. The number of nitrogens with two attached hydrogens (primary N) is 1. The first kappa shape index (κ1) is 15.4. The number of nitrogens with one attached hydrogen (secondary N) is 2. The smallest absolute Gasteiger partial charge is 0.241 e. The van der Waals surface area contributed by atoms with Gasteiger partial charge in [-0.05, 0) is 53.5 Å². The van der Waals surface area contributed by atoms with Crippen molar-refractivity contribution in [3.05, 3.63) is 22.7 Å². The summed E-state index contributed by atoms with van der Waals surface area (Å²) in [4.78, 5) is 12.1. The maximum absolute atomic E-state index is 12.1.